The normalized spacial score (nSPS) is 13.5. The van der Waals surface area contributed by atoms with Gasteiger partial charge in [-0.25, -0.2) is 20.4 Å². The van der Waals surface area contributed by atoms with Crippen molar-refractivity contribution in [3.8, 4) is 11.5 Å². The van der Waals surface area contributed by atoms with E-state index in [0.29, 0.717) is 8.68 Å². The molecule has 0 spiro atoms. The average molecular weight is 623 g/mol. The van der Waals surface area contributed by atoms with Crippen molar-refractivity contribution in [1.82, 2.24) is 21.0 Å². The number of aromatic nitrogens is 2. The number of aromatic hydroxyl groups is 2. The van der Waals surface area contributed by atoms with Crippen molar-refractivity contribution in [3.05, 3.63) is 55.6 Å². The Balaban J connectivity index is 1.55. The first-order chi connectivity index (χ1) is 19.3. The van der Waals surface area contributed by atoms with Crippen LogP contribution in [0.1, 0.15) is 50.3 Å². The summed E-state index contributed by atoms with van der Waals surface area (Å²) in [5.74, 6) is -1.10. The maximum atomic E-state index is 12.5. The summed E-state index contributed by atoms with van der Waals surface area (Å²) in [5.41, 5.74) is 2.99. The Hall–Kier alpha value is -3.96. The summed E-state index contributed by atoms with van der Waals surface area (Å²) in [7, 11) is 0. The molecule has 3 aromatic rings. The lowest BCUT2D eigenvalue weighted by atomic mass is 10.2. The van der Waals surface area contributed by atoms with Gasteiger partial charge in [-0.05, 0) is 41.5 Å². The summed E-state index contributed by atoms with van der Waals surface area (Å²) in [6.07, 6.45) is 0. The highest BCUT2D eigenvalue weighted by atomic mass is 32.2. The molecule has 0 aromatic carbocycles. The largest absolute Gasteiger partial charge is 0.507 e. The van der Waals surface area contributed by atoms with Crippen LogP contribution < -0.4 is 22.1 Å². The maximum absolute atomic E-state index is 12.5. The van der Waals surface area contributed by atoms with Gasteiger partial charge in [-0.1, -0.05) is 34.9 Å². The second-order valence-corrected chi connectivity index (χ2v) is 12.7. The van der Waals surface area contributed by atoms with Gasteiger partial charge in [0.25, 0.3) is 11.8 Å². The molecule has 0 saturated heterocycles. The van der Waals surface area contributed by atoms with Gasteiger partial charge in [-0.3, -0.25) is 9.59 Å². The molecule has 2 amide bonds. The van der Waals surface area contributed by atoms with Gasteiger partial charge in [0.2, 0.25) is 0 Å². The fraction of sp³-hybridized carbons (Fsp3) is 0.333. The van der Waals surface area contributed by atoms with Crippen molar-refractivity contribution < 1.29 is 28.6 Å². The second kappa shape index (κ2) is 13.6. The van der Waals surface area contributed by atoms with E-state index in [1.54, 1.807) is 13.8 Å². The summed E-state index contributed by atoms with van der Waals surface area (Å²) in [6, 6.07) is 2.55. The van der Waals surface area contributed by atoms with Crippen LogP contribution in [0.3, 0.4) is 0 Å². The zero-order chi connectivity index (χ0) is 30.4. The van der Waals surface area contributed by atoms with E-state index in [1.807, 2.05) is 0 Å². The third-order valence-electron chi connectivity index (χ3n) is 5.18. The number of aryl methyl sites for hydroxylation is 2. The molecular weight excluding hydrogens is 596 g/mol. The van der Waals surface area contributed by atoms with Crippen LogP contribution in [0.25, 0.3) is 0 Å². The molecule has 4 N–H and O–H groups in total. The van der Waals surface area contributed by atoms with Crippen molar-refractivity contribution in [2.24, 2.45) is 10.2 Å². The van der Waals surface area contributed by atoms with Crippen LogP contribution in [0.15, 0.2) is 49.4 Å². The fourth-order valence-electron chi connectivity index (χ4n) is 3.13. The van der Waals surface area contributed by atoms with Gasteiger partial charge in [0, 0.05) is 12.1 Å². The van der Waals surface area contributed by atoms with Gasteiger partial charge in [-0.2, -0.15) is 10.2 Å². The molecule has 0 fully saturated rings. The van der Waals surface area contributed by atoms with Gasteiger partial charge in [0.05, 0.1) is 21.9 Å². The number of hydrazone groups is 2. The first-order valence-corrected chi connectivity index (χ1v) is 14.4. The summed E-state index contributed by atoms with van der Waals surface area (Å²) >= 11 is 3.41. The van der Waals surface area contributed by atoms with E-state index in [4.69, 9.17) is 8.83 Å². The summed E-state index contributed by atoms with van der Waals surface area (Å²) in [4.78, 5) is 49.0. The topological polar surface area (TPSA) is 210 Å². The molecule has 0 bridgehead atoms. The van der Waals surface area contributed by atoms with Crippen LogP contribution in [0.2, 0.25) is 0 Å². The van der Waals surface area contributed by atoms with Gasteiger partial charge < -0.3 is 19.0 Å². The van der Waals surface area contributed by atoms with Crippen molar-refractivity contribution in [2.45, 2.75) is 60.7 Å². The number of hydrogen-bond acceptors (Lipinski definition) is 15. The van der Waals surface area contributed by atoms with Crippen molar-refractivity contribution in [3.63, 3.8) is 0 Å². The zero-order valence-electron chi connectivity index (χ0n) is 22.7. The van der Waals surface area contributed by atoms with Gasteiger partial charge >= 0.3 is 11.3 Å². The number of rotatable bonds is 10. The second-order valence-electron chi connectivity index (χ2n) is 8.51. The summed E-state index contributed by atoms with van der Waals surface area (Å²) in [5, 5.41) is 34.6. The molecule has 3 aromatic heterocycles. The van der Waals surface area contributed by atoms with Crippen LogP contribution >= 0.6 is 34.9 Å². The number of nitrogens with zero attached hydrogens (tertiary/aromatic N) is 4. The lowest BCUT2D eigenvalue weighted by Crippen LogP contribution is -2.28. The van der Waals surface area contributed by atoms with E-state index < -0.39 is 33.6 Å². The van der Waals surface area contributed by atoms with E-state index in [-0.39, 0.29) is 45.6 Å². The molecule has 0 radical (unpaired) electrons. The van der Waals surface area contributed by atoms with Crippen LogP contribution in [-0.4, -0.2) is 54.1 Å². The highest BCUT2D eigenvalue weighted by Gasteiger charge is 2.21. The van der Waals surface area contributed by atoms with E-state index in [1.165, 1.54) is 51.2 Å². The third-order valence-corrected chi connectivity index (χ3v) is 8.47. The minimum absolute atomic E-state index is 0.0716. The predicted molar refractivity (Wildman–Crippen MR) is 154 cm³/mol. The third kappa shape index (κ3) is 8.27. The average Bonchev–Trinajstić information content (AvgIpc) is 3.30. The van der Waals surface area contributed by atoms with E-state index in [0.717, 1.165) is 23.5 Å². The van der Waals surface area contributed by atoms with E-state index in [2.05, 4.69) is 31.3 Å². The van der Waals surface area contributed by atoms with Crippen molar-refractivity contribution >= 4 is 58.1 Å². The highest BCUT2D eigenvalue weighted by molar-refractivity contribution is 8.04. The fourth-order valence-corrected chi connectivity index (χ4v) is 6.43. The smallest absolute Gasteiger partial charge is 0.348 e. The molecule has 218 valence electrons. The van der Waals surface area contributed by atoms with Crippen molar-refractivity contribution in [2.75, 3.05) is 0 Å². The van der Waals surface area contributed by atoms with E-state index in [9.17, 15) is 29.4 Å². The van der Waals surface area contributed by atoms with Gasteiger partial charge in [-0.15, -0.1) is 10.2 Å². The SMILES string of the molecule is C/C(=N\NC(=O)C(C)Sc1nnc(SC(C)C(=O)N/N=C(\C)c2c(O)cc(C)oc2=O)s1)c1c(O)cc(C)oc1=O. The molecule has 0 saturated carbocycles. The number of nitrogens with one attached hydrogen (secondary N) is 2. The molecule has 41 heavy (non-hydrogen) atoms. The predicted octanol–water partition coefficient (Wildman–Crippen LogP) is 2.51. The number of hydrogen-bond donors (Lipinski definition) is 4. The van der Waals surface area contributed by atoms with Crippen LogP contribution in [0.4, 0.5) is 0 Å². The maximum Gasteiger partial charge on any atom is 0.348 e. The standard InChI is InChI=1S/C24H26N6O8S3/c1-9-7-15(31)17(21(35)37-9)11(3)25-27-19(33)13(5)39-23-29-30-24(41-23)40-14(6)20(34)28-26-12(4)18-16(32)8-10(2)38-22(18)36/h7-8,13-14,31-32H,1-6H3,(H,27,33)(H,28,34)/b25-11+,26-12+. The minimum atomic E-state index is -0.776. The lowest BCUT2D eigenvalue weighted by Gasteiger charge is -2.08. The first-order valence-electron chi connectivity index (χ1n) is 11.8. The highest BCUT2D eigenvalue weighted by Crippen LogP contribution is 2.33. The molecule has 3 heterocycles. The Morgan fingerprint density at radius 1 is 0.829 bits per heavy atom. The van der Waals surface area contributed by atoms with E-state index >= 15 is 0 Å². The van der Waals surface area contributed by atoms with Gasteiger partial charge in [0.1, 0.15) is 34.1 Å². The Kier molecular flexibility index (Phi) is 10.5. The number of thioether (sulfide) groups is 2. The summed E-state index contributed by atoms with van der Waals surface area (Å²) < 4.78 is 10.9. The molecule has 17 heteroatoms. The monoisotopic (exact) mass is 622 g/mol. The first kappa shape index (κ1) is 31.6. The number of carbonyl (C=O) groups is 2. The number of carbonyl (C=O) groups excluding carboxylic acids is 2. The zero-order valence-corrected chi connectivity index (χ0v) is 25.1. The van der Waals surface area contributed by atoms with Crippen LogP contribution in [0.5, 0.6) is 11.5 Å². The van der Waals surface area contributed by atoms with Crippen molar-refractivity contribution in [1.29, 1.82) is 0 Å². The molecule has 2 atom stereocenters. The van der Waals surface area contributed by atoms with Crippen LogP contribution in [0, 0.1) is 13.8 Å². The summed E-state index contributed by atoms with van der Waals surface area (Å²) in [6.45, 7) is 9.17. The Bertz CT molecular complexity index is 1530. The molecular formula is C24H26N6O8S3. The minimum Gasteiger partial charge on any atom is -0.507 e. The Labute approximate surface area is 245 Å². The quantitative estimate of drug-likeness (QED) is 0.146. The Morgan fingerprint density at radius 3 is 1.54 bits per heavy atom. The molecule has 0 aliphatic carbocycles. The number of amides is 2. The van der Waals surface area contributed by atoms with Crippen LogP contribution in [-0.2, 0) is 9.59 Å². The molecule has 3 rings (SSSR count). The molecule has 0 aliphatic heterocycles. The molecule has 0 aliphatic rings. The molecule has 14 nitrogen and oxygen atoms in total. The lowest BCUT2D eigenvalue weighted by molar-refractivity contribution is -0.121. The molecule has 2 unspecified atom stereocenters. The Morgan fingerprint density at radius 2 is 1.20 bits per heavy atom. The van der Waals surface area contributed by atoms with Gasteiger partial charge in [0.15, 0.2) is 8.68 Å².